The summed E-state index contributed by atoms with van der Waals surface area (Å²) in [5.41, 5.74) is 7.91. The maximum Gasteiger partial charge on any atom is 0.319 e. The number of nitrogens with zero attached hydrogens (tertiary/aromatic N) is 5. The van der Waals surface area contributed by atoms with E-state index < -0.39 is 11.6 Å². The molecule has 3 N–H and O–H groups in total. The van der Waals surface area contributed by atoms with Crippen LogP contribution in [0.25, 0.3) is 32.2 Å². The highest BCUT2D eigenvalue weighted by Crippen LogP contribution is 2.40. The minimum atomic E-state index is -0.504. The fourth-order valence-electron chi connectivity index (χ4n) is 5.39. The normalized spacial score (nSPS) is 18.8. The van der Waals surface area contributed by atoms with Crippen LogP contribution < -0.4 is 20.7 Å². The van der Waals surface area contributed by atoms with Crippen LogP contribution in [0.4, 0.5) is 19.7 Å². The van der Waals surface area contributed by atoms with Gasteiger partial charge < -0.3 is 25.6 Å². The van der Waals surface area contributed by atoms with E-state index in [0.29, 0.717) is 44.7 Å². The van der Waals surface area contributed by atoms with Crippen molar-refractivity contribution in [3.8, 4) is 17.1 Å². The monoisotopic (exact) mass is 525 g/mol. The Morgan fingerprint density at radius 2 is 1.95 bits per heavy atom. The van der Waals surface area contributed by atoms with Crippen molar-refractivity contribution in [1.82, 2.24) is 25.2 Å². The highest BCUT2D eigenvalue weighted by atomic mass is 32.1. The number of ether oxygens (including phenoxy) is 1. The number of nitrogen functional groups attached to an aromatic ring is 1. The molecule has 37 heavy (non-hydrogen) atoms. The third-order valence-corrected chi connectivity index (χ3v) is 8.25. The third kappa shape index (κ3) is 4.34. The molecule has 0 aliphatic carbocycles. The van der Waals surface area contributed by atoms with E-state index in [1.807, 2.05) is 13.0 Å². The topological polar surface area (TPSA) is 92.4 Å². The zero-order valence-corrected chi connectivity index (χ0v) is 21.7. The molecule has 2 aliphatic heterocycles. The summed E-state index contributed by atoms with van der Waals surface area (Å²) in [6, 6.07) is 5.24. The van der Waals surface area contributed by atoms with E-state index in [2.05, 4.69) is 32.1 Å². The van der Waals surface area contributed by atoms with E-state index in [-0.39, 0.29) is 22.7 Å². The van der Waals surface area contributed by atoms with Gasteiger partial charge in [0, 0.05) is 48.7 Å². The van der Waals surface area contributed by atoms with Crippen molar-refractivity contribution in [2.75, 3.05) is 57.0 Å². The Balaban J connectivity index is 1.51. The first-order valence-electron chi connectivity index (χ1n) is 12.5. The number of nitrogens with two attached hydrogens (primary N) is 1. The Bertz CT molecular complexity index is 1490. The number of halogens is 2. The molecular weight excluding hydrogens is 496 g/mol. The minimum Gasteiger partial charge on any atom is -0.462 e. The first-order chi connectivity index (χ1) is 17.9. The molecule has 0 radical (unpaired) electrons. The van der Waals surface area contributed by atoms with Crippen LogP contribution in [-0.4, -0.2) is 72.3 Å². The van der Waals surface area contributed by atoms with Gasteiger partial charge in [0.1, 0.15) is 23.8 Å². The van der Waals surface area contributed by atoms with Crippen LogP contribution in [0, 0.1) is 18.6 Å². The zero-order valence-electron chi connectivity index (χ0n) is 20.9. The van der Waals surface area contributed by atoms with Crippen LogP contribution in [-0.2, 0) is 0 Å². The molecule has 2 aliphatic rings. The molecule has 11 heteroatoms. The number of aromatic nitrogens is 3. The number of thiazole rings is 1. The summed E-state index contributed by atoms with van der Waals surface area (Å²) in [6.07, 6.45) is 2.17. The van der Waals surface area contributed by atoms with Crippen LogP contribution in [0.2, 0.25) is 0 Å². The van der Waals surface area contributed by atoms with Gasteiger partial charge in [-0.2, -0.15) is 9.97 Å². The van der Waals surface area contributed by atoms with Crippen molar-refractivity contribution in [2.45, 2.75) is 25.8 Å². The fraction of sp³-hybridized carbons (Fsp3) is 0.423. The molecular formula is C26H29F2N7OS. The molecule has 2 aromatic heterocycles. The highest BCUT2D eigenvalue weighted by Gasteiger charge is 2.26. The lowest BCUT2D eigenvalue weighted by atomic mass is 9.96. The predicted molar refractivity (Wildman–Crippen MR) is 143 cm³/mol. The van der Waals surface area contributed by atoms with Crippen molar-refractivity contribution in [3.05, 3.63) is 35.4 Å². The van der Waals surface area contributed by atoms with Crippen LogP contribution in [0.3, 0.4) is 0 Å². The maximum absolute atomic E-state index is 16.4. The lowest BCUT2D eigenvalue weighted by Crippen LogP contribution is -2.44. The molecule has 1 atom stereocenters. The molecule has 2 aromatic carbocycles. The second-order valence-corrected chi connectivity index (χ2v) is 10.8. The average molecular weight is 526 g/mol. The molecule has 4 heterocycles. The number of aryl methyl sites for hydroxylation is 1. The van der Waals surface area contributed by atoms with Crippen LogP contribution in [0.15, 0.2) is 18.2 Å². The number of likely N-dealkylation sites (N-methyl/N-ethyl adjacent to an activating group) is 1. The molecule has 4 aromatic rings. The molecule has 2 fully saturated rings. The molecule has 194 valence electrons. The van der Waals surface area contributed by atoms with Gasteiger partial charge in [0.2, 0.25) is 0 Å². The number of piperazine rings is 1. The number of fused-ring (bicyclic) bond motifs is 2. The second-order valence-electron chi connectivity index (χ2n) is 9.76. The Labute approximate surface area is 217 Å². The van der Waals surface area contributed by atoms with Gasteiger partial charge in [-0.05, 0) is 57.1 Å². The van der Waals surface area contributed by atoms with E-state index in [1.165, 1.54) is 6.07 Å². The number of likely N-dealkylation sites (tertiary alicyclic amines) is 1. The number of hydrogen-bond acceptors (Lipinski definition) is 9. The van der Waals surface area contributed by atoms with E-state index in [1.54, 1.807) is 6.07 Å². The molecule has 8 nitrogen and oxygen atoms in total. The summed E-state index contributed by atoms with van der Waals surface area (Å²) in [7, 11) is 2.08. The number of nitrogens with one attached hydrogen (secondary N) is 1. The summed E-state index contributed by atoms with van der Waals surface area (Å²) in [5, 5.41) is 4.21. The SMILES string of the molecule is Cc1cc2c(N3CCNCC3)nc(OC[C@@H]3CCCN3C)nc2c(F)c1-c1ccc(F)c2sc(N)nc12. The van der Waals surface area contributed by atoms with Gasteiger partial charge in [0.15, 0.2) is 10.9 Å². The van der Waals surface area contributed by atoms with Gasteiger partial charge in [-0.25, -0.2) is 13.8 Å². The molecule has 6 rings (SSSR count). The molecule has 2 saturated heterocycles. The van der Waals surface area contributed by atoms with Crippen LogP contribution in [0.5, 0.6) is 6.01 Å². The zero-order chi connectivity index (χ0) is 25.7. The van der Waals surface area contributed by atoms with Gasteiger partial charge in [0.25, 0.3) is 0 Å². The number of benzene rings is 2. The van der Waals surface area contributed by atoms with Crippen molar-refractivity contribution in [1.29, 1.82) is 0 Å². The molecule has 0 bridgehead atoms. The van der Waals surface area contributed by atoms with E-state index >= 15 is 4.39 Å². The number of hydrogen-bond donors (Lipinski definition) is 2. The van der Waals surface area contributed by atoms with Crippen molar-refractivity contribution in [2.24, 2.45) is 0 Å². The summed E-state index contributed by atoms with van der Waals surface area (Å²) in [6.45, 7) is 6.43. The van der Waals surface area contributed by atoms with Gasteiger partial charge >= 0.3 is 6.01 Å². The quantitative estimate of drug-likeness (QED) is 0.405. The van der Waals surface area contributed by atoms with Gasteiger partial charge in [-0.1, -0.05) is 11.3 Å². The van der Waals surface area contributed by atoms with Gasteiger partial charge in [-0.15, -0.1) is 0 Å². The molecule has 0 spiro atoms. The van der Waals surface area contributed by atoms with Crippen LogP contribution in [0.1, 0.15) is 18.4 Å². The van der Waals surface area contributed by atoms with Gasteiger partial charge in [-0.3, -0.25) is 0 Å². The van der Waals surface area contributed by atoms with Crippen molar-refractivity contribution in [3.63, 3.8) is 0 Å². The first kappa shape index (κ1) is 24.2. The predicted octanol–water partition coefficient (Wildman–Crippen LogP) is 3.96. The van der Waals surface area contributed by atoms with E-state index in [4.69, 9.17) is 15.5 Å². The summed E-state index contributed by atoms with van der Waals surface area (Å²) < 4.78 is 37.3. The summed E-state index contributed by atoms with van der Waals surface area (Å²) >= 11 is 1.05. The third-order valence-electron chi connectivity index (χ3n) is 7.36. The second kappa shape index (κ2) is 9.62. The van der Waals surface area contributed by atoms with E-state index in [0.717, 1.165) is 56.9 Å². The first-order valence-corrected chi connectivity index (χ1v) is 13.4. The Morgan fingerprint density at radius 1 is 1.14 bits per heavy atom. The average Bonchev–Trinajstić information content (AvgIpc) is 3.49. The Kier molecular flexibility index (Phi) is 6.29. The Morgan fingerprint density at radius 3 is 2.70 bits per heavy atom. The van der Waals surface area contributed by atoms with E-state index in [9.17, 15) is 4.39 Å². The summed E-state index contributed by atoms with van der Waals surface area (Å²) in [5.74, 6) is -0.268. The minimum absolute atomic E-state index is 0.164. The molecule has 0 amide bonds. The lowest BCUT2D eigenvalue weighted by molar-refractivity contribution is 0.188. The number of anilines is 2. The largest absolute Gasteiger partial charge is 0.462 e. The molecule has 0 unspecified atom stereocenters. The van der Waals surface area contributed by atoms with Gasteiger partial charge in [0.05, 0.1) is 10.2 Å². The smallest absolute Gasteiger partial charge is 0.319 e. The maximum atomic E-state index is 16.4. The Hall–Kier alpha value is -3.15. The van der Waals surface area contributed by atoms with Crippen molar-refractivity contribution < 1.29 is 13.5 Å². The van der Waals surface area contributed by atoms with Crippen LogP contribution >= 0.6 is 11.3 Å². The highest BCUT2D eigenvalue weighted by molar-refractivity contribution is 7.22. The molecule has 0 saturated carbocycles. The van der Waals surface area contributed by atoms with Crippen molar-refractivity contribution >= 4 is 43.4 Å². The standard InChI is InChI=1S/C26H29F2N7OS/c1-14-12-17-21(20(28)19(14)16-5-6-18(27)23-22(16)31-25(29)37-23)32-26(36-13-15-4-3-9-34(15)2)33-24(17)35-10-7-30-8-11-35/h5-6,12,15,30H,3-4,7-11,13H2,1-2H3,(H2,29,31)/t15-/m0/s1. The fourth-order valence-corrected chi connectivity index (χ4v) is 6.15. The lowest BCUT2D eigenvalue weighted by Gasteiger charge is -2.30. The summed E-state index contributed by atoms with van der Waals surface area (Å²) in [4.78, 5) is 18.0. The number of rotatable bonds is 5.